The second-order valence-electron chi connectivity index (χ2n) is 5.22. The van der Waals surface area contributed by atoms with Crippen LogP contribution in [-0.4, -0.2) is 12.7 Å². The number of rotatable bonds is 4. The van der Waals surface area contributed by atoms with E-state index in [1.54, 1.807) is 0 Å². The maximum atomic E-state index is 5.74. The molecule has 1 heterocycles. The Hall–Kier alpha value is 0.100. The molecule has 0 N–H and O–H groups in total. The first-order chi connectivity index (χ1) is 9.15. The minimum absolute atomic E-state index is 0.106. The SMILES string of the molecule is COC1(CC(Br)c2csc3c(Br)cccc23)CCC1. The Balaban J connectivity index is 1.89. The van der Waals surface area contributed by atoms with E-state index in [1.165, 1.54) is 39.4 Å². The van der Waals surface area contributed by atoms with Gasteiger partial charge in [0.1, 0.15) is 0 Å². The van der Waals surface area contributed by atoms with Gasteiger partial charge in [0.25, 0.3) is 0 Å². The molecule has 0 amide bonds. The predicted octanol–water partition coefficient (Wildman–Crippen LogP) is 6.06. The molecule has 1 atom stereocenters. The quantitative estimate of drug-likeness (QED) is 0.563. The molecule has 3 rings (SSSR count). The summed E-state index contributed by atoms with van der Waals surface area (Å²) >= 11 is 9.31. The zero-order chi connectivity index (χ0) is 13.5. The lowest BCUT2D eigenvalue weighted by atomic mass is 9.76. The van der Waals surface area contributed by atoms with E-state index in [1.807, 2.05) is 18.4 Å². The predicted molar refractivity (Wildman–Crippen MR) is 89.4 cm³/mol. The van der Waals surface area contributed by atoms with E-state index in [2.05, 4.69) is 55.4 Å². The number of benzene rings is 1. The molecule has 1 aromatic carbocycles. The molecule has 0 spiro atoms. The molecule has 1 nitrogen and oxygen atoms in total. The van der Waals surface area contributed by atoms with Crippen molar-refractivity contribution in [1.82, 2.24) is 0 Å². The molecule has 19 heavy (non-hydrogen) atoms. The van der Waals surface area contributed by atoms with Crippen LogP contribution in [0, 0.1) is 0 Å². The number of hydrogen-bond donors (Lipinski definition) is 0. The molecule has 0 saturated heterocycles. The second kappa shape index (κ2) is 5.47. The van der Waals surface area contributed by atoms with Crippen LogP contribution in [0.4, 0.5) is 0 Å². The number of ether oxygens (including phenoxy) is 1. The summed E-state index contributed by atoms with van der Waals surface area (Å²) in [5, 5.41) is 3.63. The fraction of sp³-hybridized carbons (Fsp3) is 0.467. The third-order valence-electron chi connectivity index (χ3n) is 4.17. The maximum absolute atomic E-state index is 5.74. The number of methoxy groups -OCH3 is 1. The fourth-order valence-electron chi connectivity index (χ4n) is 2.78. The third kappa shape index (κ3) is 2.53. The molecular weight excluding hydrogens is 388 g/mol. The van der Waals surface area contributed by atoms with Crippen LogP contribution in [0.5, 0.6) is 0 Å². The Bertz CT molecular complexity index is 583. The lowest BCUT2D eigenvalue weighted by Gasteiger charge is -2.41. The first kappa shape index (κ1) is 14.1. The molecule has 1 aromatic heterocycles. The smallest absolute Gasteiger partial charge is 0.0692 e. The van der Waals surface area contributed by atoms with E-state index in [-0.39, 0.29) is 5.60 Å². The molecule has 4 heteroatoms. The Morgan fingerprint density at radius 2 is 2.21 bits per heavy atom. The van der Waals surface area contributed by atoms with Crippen molar-refractivity contribution in [2.75, 3.05) is 7.11 Å². The molecule has 1 aliphatic rings. The van der Waals surface area contributed by atoms with Crippen molar-refractivity contribution in [2.45, 2.75) is 36.1 Å². The van der Waals surface area contributed by atoms with Gasteiger partial charge in [0.15, 0.2) is 0 Å². The highest BCUT2D eigenvalue weighted by Gasteiger charge is 2.39. The van der Waals surface area contributed by atoms with Crippen molar-refractivity contribution >= 4 is 53.3 Å². The molecule has 2 aromatic rings. The van der Waals surface area contributed by atoms with Gasteiger partial charge in [0, 0.05) is 21.1 Å². The van der Waals surface area contributed by atoms with Crippen molar-refractivity contribution < 1.29 is 4.74 Å². The Morgan fingerprint density at radius 3 is 2.84 bits per heavy atom. The van der Waals surface area contributed by atoms with Gasteiger partial charge in [-0.05, 0) is 64.0 Å². The summed E-state index contributed by atoms with van der Waals surface area (Å²) in [4.78, 5) is 0.371. The summed E-state index contributed by atoms with van der Waals surface area (Å²) in [5.41, 5.74) is 1.50. The Morgan fingerprint density at radius 1 is 1.42 bits per heavy atom. The number of halogens is 2. The molecule has 0 radical (unpaired) electrons. The van der Waals surface area contributed by atoms with Gasteiger partial charge >= 0.3 is 0 Å². The monoisotopic (exact) mass is 402 g/mol. The minimum atomic E-state index is 0.106. The van der Waals surface area contributed by atoms with Crippen LogP contribution >= 0.6 is 43.2 Å². The molecule has 102 valence electrons. The highest BCUT2D eigenvalue weighted by molar-refractivity contribution is 9.10. The maximum Gasteiger partial charge on any atom is 0.0692 e. The molecule has 0 aliphatic heterocycles. The molecular formula is C15H16Br2OS. The van der Waals surface area contributed by atoms with E-state index >= 15 is 0 Å². The van der Waals surface area contributed by atoms with Crippen molar-refractivity contribution in [3.63, 3.8) is 0 Å². The minimum Gasteiger partial charge on any atom is -0.378 e. The summed E-state index contributed by atoms with van der Waals surface area (Å²) in [5.74, 6) is 0. The first-order valence-electron chi connectivity index (χ1n) is 6.50. The van der Waals surface area contributed by atoms with Crippen molar-refractivity contribution in [2.24, 2.45) is 0 Å². The van der Waals surface area contributed by atoms with Crippen LogP contribution in [-0.2, 0) is 4.74 Å². The van der Waals surface area contributed by atoms with Crippen molar-refractivity contribution in [3.8, 4) is 0 Å². The summed E-state index contributed by atoms with van der Waals surface area (Å²) in [6.45, 7) is 0. The van der Waals surface area contributed by atoms with Crippen LogP contribution in [0.3, 0.4) is 0 Å². The first-order valence-corrected chi connectivity index (χ1v) is 9.09. The van der Waals surface area contributed by atoms with Crippen LogP contribution in [0.15, 0.2) is 28.1 Å². The Kier molecular flexibility index (Phi) is 4.05. The van der Waals surface area contributed by atoms with Gasteiger partial charge in [-0.25, -0.2) is 0 Å². The van der Waals surface area contributed by atoms with Crippen LogP contribution < -0.4 is 0 Å². The number of hydrogen-bond acceptors (Lipinski definition) is 2. The molecule has 1 fully saturated rings. The Labute approximate surface area is 134 Å². The van der Waals surface area contributed by atoms with Crippen LogP contribution in [0.1, 0.15) is 36.1 Å². The van der Waals surface area contributed by atoms with Gasteiger partial charge in [-0.2, -0.15) is 0 Å². The largest absolute Gasteiger partial charge is 0.378 e. The lowest BCUT2D eigenvalue weighted by molar-refractivity contribution is -0.0772. The van der Waals surface area contributed by atoms with Gasteiger partial charge in [-0.1, -0.05) is 28.1 Å². The molecule has 1 saturated carbocycles. The fourth-order valence-corrected chi connectivity index (χ4v) is 5.60. The van der Waals surface area contributed by atoms with Crippen LogP contribution in [0.25, 0.3) is 10.1 Å². The van der Waals surface area contributed by atoms with Gasteiger partial charge in [0.05, 0.1) is 5.60 Å². The average Bonchev–Trinajstić information content (AvgIpc) is 2.79. The summed E-state index contributed by atoms with van der Waals surface area (Å²) in [6.07, 6.45) is 4.74. The summed E-state index contributed by atoms with van der Waals surface area (Å²) < 4.78 is 8.26. The van der Waals surface area contributed by atoms with Gasteiger partial charge in [-0.15, -0.1) is 11.3 Å². The highest BCUT2D eigenvalue weighted by atomic mass is 79.9. The zero-order valence-electron chi connectivity index (χ0n) is 10.8. The van der Waals surface area contributed by atoms with Crippen molar-refractivity contribution in [1.29, 1.82) is 0 Å². The second-order valence-corrected chi connectivity index (χ2v) is 8.06. The summed E-state index contributed by atoms with van der Waals surface area (Å²) in [7, 11) is 1.85. The van der Waals surface area contributed by atoms with E-state index in [0.29, 0.717) is 4.83 Å². The van der Waals surface area contributed by atoms with E-state index < -0.39 is 0 Å². The van der Waals surface area contributed by atoms with Crippen molar-refractivity contribution in [3.05, 3.63) is 33.6 Å². The normalized spacial score (nSPS) is 19.3. The van der Waals surface area contributed by atoms with Gasteiger partial charge in [-0.3, -0.25) is 0 Å². The molecule has 1 aliphatic carbocycles. The topological polar surface area (TPSA) is 9.23 Å². The van der Waals surface area contributed by atoms with E-state index in [0.717, 1.165) is 6.42 Å². The van der Waals surface area contributed by atoms with Crippen LogP contribution in [0.2, 0.25) is 0 Å². The van der Waals surface area contributed by atoms with Gasteiger partial charge in [0.2, 0.25) is 0 Å². The number of alkyl halides is 1. The number of thiophene rings is 1. The summed E-state index contributed by atoms with van der Waals surface area (Å²) in [6, 6.07) is 6.42. The zero-order valence-corrected chi connectivity index (χ0v) is 14.8. The molecule has 1 unspecified atom stereocenters. The highest BCUT2D eigenvalue weighted by Crippen LogP contribution is 2.47. The van der Waals surface area contributed by atoms with Gasteiger partial charge < -0.3 is 4.74 Å². The lowest BCUT2D eigenvalue weighted by Crippen LogP contribution is -2.39. The standard InChI is InChI=1S/C15H16Br2OS/c1-18-15(6-3-7-15)8-13(17)11-9-19-14-10(11)4-2-5-12(14)16/h2,4-5,9,13H,3,6-8H2,1H3. The third-order valence-corrected chi connectivity index (χ3v) is 6.96. The average molecular weight is 404 g/mol. The number of fused-ring (bicyclic) bond motifs is 1. The molecule has 0 bridgehead atoms. The van der Waals surface area contributed by atoms with E-state index in [9.17, 15) is 0 Å². The van der Waals surface area contributed by atoms with E-state index in [4.69, 9.17) is 4.74 Å².